The number of ether oxygens (including phenoxy) is 1. The van der Waals surface area contributed by atoms with Crippen LogP contribution in [0.2, 0.25) is 5.02 Å². The summed E-state index contributed by atoms with van der Waals surface area (Å²) in [5, 5.41) is 0.794. The number of hydrogen-bond acceptors (Lipinski definition) is 3. The molecule has 2 fully saturated rings. The minimum absolute atomic E-state index is 0.126. The quantitative estimate of drug-likeness (QED) is 0.902. The maximum Gasteiger partial charge on any atom is 0.410 e. The largest absolute Gasteiger partial charge is 0.447 e. The number of hydrogen-bond donors (Lipinski definition) is 1. The molecule has 122 valence electrons. The number of carbonyl (C=O) groups excluding carboxylic acids is 1. The van der Waals surface area contributed by atoms with Crippen LogP contribution in [0.15, 0.2) is 30.3 Å². The minimum atomic E-state index is -0.126. The fourth-order valence-corrected chi connectivity index (χ4v) is 3.25. The van der Waals surface area contributed by atoms with E-state index in [4.69, 9.17) is 22.1 Å². The zero-order valence-corrected chi connectivity index (χ0v) is 13.8. The van der Waals surface area contributed by atoms with Gasteiger partial charge in [0, 0.05) is 11.1 Å². The Morgan fingerprint density at radius 1 is 1.23 bits per heavy atom. The summed E-state index contributed by atoms with van der Waals surface area (Å²) in [6.45, 7) is 3.39. The van der Waals surface area contributed by atoms with E-state index in [2.05, 4.69) is 6.92 Å². The molecule has 0 radical (unpaired) electrons. The van der Waals surface area contributed by atoms with E-state index < -0.39 is 0 Å². The Morgan fingerprint density at radius 2 is 1.86 bits per heavy atom. The van der Waals surface area contributed by atoms with Gasteiger partial charge >= 0.3 is 6.09 Å². The Kier molecular flexibility index (Phi) is 6.52. The number of halogens is 1. The van der Waals surface area contributed by atoms with Gasteiger partial charge in [0.15, 0.2) is 0 Å². The lowest BCUT2D eigenvalue weighted by atomic mass is 9.85. The van der Waals surface area contributed by atoms with Crippen LogP contribution in [-0.2, 0) is 4.74 Å². The molecule has 1 heterocycles. The number of cyclic esters (lactones) is 1. The summed E-state index contributed by atoms with van der Waals surface area (Å²) in [5.74, 6) is 0.662. The Hall–Kier alpha value is -1.26. The number of benzene rings is 1. The molecule has 22 heavy (non-hydrogen) atoms. The molecule has 0 spiro atoms. The molecule has 5 heteroatoms. The lowest BCUT2D eigenvalue weighted by molar-refractivity contribution is 0.126. The van der Waals surface area contributed by atoms with Crippen molar-refractivity contribution < 1.29 is 9.53 Å². The van der Waals surface area contributed by atoms with E-state index in [1.54, 1.807) is 0 Å². The van der Waals surface area contributed by atoms with Crippen molar-refractivity contribution in [2.24, 2.45) is 11.7 Å². The first-order chi connectivity index (χ1) is 10.6. The fraction of sp³-hybridized carbons (Fsp3) is 0.588. The number of nitrogens with two attached hydrogens (primary N) is 1. The summed E-state index contributed by atoms with van der Waals surface area (Å²) in [6.07, 6.45) is 4.34. The second-order valence-electron chi connectivity index (χ2n) is 6.04. The van der Waals surface area contributed by atoms with Crippen molar-refractivity contribution in [3.63, 3.8) is 0 Å². The van der Waals surface area contributed by atoms with Crippen LogP contribution in [0, 0.1) is 5.92 Å². The molecule has 1 saturated carbocycles. The lowest BCUT2D eigenvalue weighted by Gasteiger charge is -2.34. The first-order valence-corrected chi connectivity index (χ1v) is 8.35. The van der Waals surface area contributed by atoms with Crippen molar-refractivity contribution in [3.05, 3.63) is 35.4 Å². The maximum absolute atomic E-state index is 11.5. The Bertz CT molecular complexity index is 461. The van der Waals surface area contributed by atoms with Gasteiger partial charge in [0.1, 0.15) is 6.61 Å². The smallest absolute Gasteiger partial charge is 0.410 e. The summed E-state index contributed by atoms with van der Waals surface area (Å²) in [7, 11) is 0. The molecule has 0 bridgehead atoms. The standard InChI is InChI=1S/C11H20N2O2.C6H5Cl/c1-8-7-15-11(14)13(8)10-4-2-9(6-12)3-5-10;7-6-4-2-1-3-5-6/h8-10H,2-7,12H2,1H3;1-5H/t8-,9?,10?;/m0./s1. The summed E-state index contributed by atoms with van der Waals surface area (Å²) in [4.78, 5) is 13.4. The molecular formula is C17H25ClN2O2. The van der Waals surface area contributed by atoms with Gasteiger partial charge in [-0.05, 0) is 57.2 Å². The fourth-order valence-electron chi connectivity index (χ4n) is 3.11. The second kappa shape index (κ2) is 8.39. The number of rotatable bonds is 2. The molecule has 2 N–H and O–H groups in total. The Labute approximate surface area is 137 Å². The normalized spacial score (nSPS) is 27.9. The molecule has 1 aliphatic carbocycles. The maximum atomic E-state index is 11.5. The van der Waals surface area contributed by atoms with E-state index in [1.165, 1.54) is 0 Å². The highest BCUT2D eigenvalue weighted by atomic mass is 35.5. The van der Waals surface area contributed by atoms with Gasteiger partial charge in [-0.2, -0.15) is 0 Å². The molecule has 1 aromatic carbocycles. The van der Waals surface area contributed by atoms with Crippen LogP contribution in [-0.4, -0.2) is 36.2 Å². The van der Waals surface area contributed by atoms with Gasteiger partial charge in [-0.1, -0.05) is 29.8 Å². The van der Waals surface area contributed by atoms with Crippen LogP contribution >= 0.6 is 11.6 Å². The van der Waals surface area contributed by atoms with Gasteiger partial charge in [0.2, 0.25) is 0 Å². The summed E-state index contributed by atoms with van der Waals surface area (Å²) in [6, 6.07) is 10.1. The van der Waals surface area contributed by atoms with E-state index in [9.17, 15) is 4.79 Å². The number of amides is 1. The van der Waals surface area contributed by atoms with Crippen LogP contribution in [0.4, 0.5) is 4.79 Å². The molecule has 1 aliphatic heterocycles. The monoisotopic (exact) mass is 324 g/mol. The van der Waals surface area contributed by atoms with Crippen molar-refractivity contribution in [1.82, 2.24) is 4.90 Å². The van der Waals surface area contributed by atoms with Crippen molar-refractivity contribution in [2.45, 2.75) is 44.7 Å². The van der Waals surface area contributed by atoms with Crippen LogP contribution < -0.4 is 5.73 Å². The van der Waals surface area contributed by atoms with Crippen molar-refractivity contribution >= 4 is 17.7 Å². The van der Waals surface area contributed by atoms with Gasteiger partial charge in [-0.25, -0.2) is 4.79 Å². The number of carbonyl (C=O) groups is 1. The van der Waals surface area contributed by atoms with E-state index in [1.807, 2.05) is 35.2 Å². The van der Waals surface area contributed by atoms with E-state index >= 15 is 0 Å². The van der Waals surface area contributed by atoms with Gasteiger partial charge in [0.25, 0.3) is 0 Å². The highest BCUT2D eigenvalue weighted by Crippen LogP contribution is 2.30. The summed E-state index contributed by atoms with van der Waals surface area (Å²) < 4.78 is 5.05. The van der Waals surface area contributed by atoms with Crippen LogP contribution in [0.1, 0.15) is 32.6 Å². The molecule has 0 aromatic heterocycles. The molecule has 0 unspecified atom stereocenters. The Morgan fingerprint density at radius 3 is 2.27 bits per heavy atom. The third-order valence-electron chi connectivity index (χ3n) is 4.41. The van der Waals surface area contributed by atoms with Crippen molar-refractivity contribution in [1.29, 1.82) is 0 Å². The van der Waals surface area contributed by atoms with E-state index in [-0.39, 0.29) is 12.1 Å². The molecule has 1 saturated heterocycles. The van der Waals surface area contributed by atoms with Gasteiger partial charge in [0.05, 0.1) is 6.04 Å². The SMILES string of the molecule is C[C@H]1COC(=O)N1C1CCC(CN)CC1.Clc1ccccc1. The second-order valence-corrected chi connectivity index (χ2v) is 6.48. The van der Waals surface area contributed by atoms with E-state index in [0.29, 0.717) is 18.6 Å². The predicted molar refractivity (Wildman–Crippen MR) is 88.9 cm³/mol. The average Bonchev–Trinajstić information content (AvgIpc) is 2.88. The highest BCUT2D eigenvalue weighted by Gasteiger charge is 2.36. The third-order valence-corrected chi connectivity index (χ3v) is 4.66. The predicted octanol–water partition coefficient (Wildman–Crippen LogP) is 3.68. The molecule has 4 nitrogen and oxygen atoms in total. The zero-order chi connectivity index (χ0) is 15.9. The molecule has 2 aliphatic rings. The molecule has 1 atom stereocenters. The zero-order valence-electron chi connectivity index (χ0n) is 13.1. The van der Waals surface area contributed by atoms with Gasteiger partial charge in [-0.15, -0.1) is 0 Å². The minimum Gasteiger partial charge on any atom is -0.447 e. The Balaban J connectivity index is 0.000000211. The first-order valence-electron chi connectivity index (χ1n) is 7.97. The van der Waals surface area contributed by atoms with Crippen LogP contribution in [0.3, 0.4) is 0 Å². The van der Waals surface area contributed by atoms with Crippen LogP contribution in [0.25, 0.3) is 0 Å². The number of nitrogens with zero attached hydrogens (tertiary/aromatic N) is 1. The molecule has 3 rings (SSSR count). The van der Waals surface area contributed by atoms with E-state index in [0.717, 1.165) is 37.3 Å². The summed E-state index contributed by atoms with van der Waals surface area (Å²) in [5.41, 5.74) is 5.65. The first kappa shape index (κ1) is 17.1. The van der Waals surface area contributed by atoms with Gasteiger partial charge in [-0.3, -0.25) is 4.90 Å². The topological polar surface area (TPSA) is 55.6 Å². The molecular weight excluding hydrogens is 300 g/mol. The van der Waals surface area contributed by atoms with Crippen molar-refractivity contribution in [3.8, 4) is 0 Å². The molecule has 1 aromatic rings. The third kappa shape index (κ3) is 4.62. The highest BCUT2D eigenvalue weighted by molar-refractivity contribution is 6.30. The van der Waals surface area contributed by atoms with Crippen molar-refractivity contribution in [2.75, 3.05) is 13.2 Å². The average molecular weight is 325 g/mol. The molecule has 1 amide bonds. The van der Waals surface area contributed by atoms with Gasteiger partial charge < -0.3 is 10.5 Å². The van der Waals surface area contributed by atoms with Crippen LogP contribution in [0.5, 0.6) is 0 Å². The lowest BCUT2D eigenvalue weighted by Crippen LogP contribution is -2.43. The summed E-state index contributed by atoms with van der Waals surface area (Å²) >= 11 is 5.54.